The van der Waals surface area contributed by atoms with Crippen LogP contribution in [0, 0.1) is 11.6 Å². The standard InChI is InChI=1S/C11H15F2N3O2/c1-14-9-7(12)4-8(13)10(16-9)15-5-11(17)2-3-18-6-11/h4,17H,2-3,5-6H2,1H3,(H2,14,15,16). The number of hydrogen-bond acceptors (Lipinski definition) is 5. The first kappa shape index (κ1) is 13.0. The quantitative estimate of drug-likeness (QED) is 0.751. The molecule has 1 atom stereocenters. The molecule has 1 aliphatic rings. The molecule has 1 aliphatic heterocycles. The van der Waals surface area contributed by atoms with Crippen molar-refractivity contribution in [3.63, 3.8) is 0 Å². The highest BCUT2D eigenvalue weighted by molar-refractivity contribution is 5.47. The second-order valence-corrected chi connectivity index (χ2v) is 4.28. The summed E-state index contributed by atoms with van der Waals surface area (Å²) in [6.45, 7) is 0.771. The zero-order valence-corrected chi connectivity index (χ0v) is 9.96. The van der Waals surface area contributed by atoms with Crippen molar-refractivity contribution in [3.8, 4) is 0 Å². The van der Waals surface area contributed by atoms with Crippen molar-refractivity contribution in [1.29, 1.82) is 0 Å². The largest absolute Gasteiger partial charge is 0.386 e. The van der Waals surface area contributed by atoms with Crippen LogP contribution in [0.15, 0.2) is 6.07 Å². The highest BCUT2D eigenvalue weighted by atomic mass is 19.1. The van der Waals surface area contributed by atoms with Gasteiger partial charge in [0, 0.05) is 32.7 Å². The van der Waals surface area contributed by atoms with E-state index in [-0.39, 0.29) is 24.8 Å². The molecule has 3 N–H and O–H groups in total. The van der Waals surface area contributed by atoms with Gasteiger partial charge >= 0.3 is 0 Å². The van der Waals surface area contributed by atoms with Gasteiger partial charge in [-0.25, -0.2) is 13.8 Å². The van der Waals surface area contributed by atoms with Crippen LogP contribution < -0.4 is 10.6 Å². The Morgan fingerprint density at radius 2 is 2.17 bits per heavy atom. The lowest BCUT2D eigenvalue weighted by molar-refractivity contribution is 0.0381. The van der Waals surface area contributed by atoms with Crippen LogP contribution in [-0.4, -0.2) is 42.5 Å². The first-order chi connectivity index (χ1) is 8.54. The first-order valence-electron chi connectivity index (χ1n) is 5.62. The molecule has 18 heavy (non-hydrogen) atoms. The number of hydrogen-bond donors (Lipinski definition) is 3. The second-order valence-electron chi connectivity index (χ2n) is 4.28. The summed E-state index contributed by atoms with van der Waals surface area (Å²) in [6.07, 6.45) is 0.474. The van der Waals surface area contributed by atoms with Crippen LogP contribution in [0.25, 0.3) is 0 Å². The monoisotopic (exact) mass is 259 g/mol. The summed E-state index contributed by atoms with van der Waals surface area (Å²) < 4.78 is 31.7. The molecule has 1 aromatic heterocycles. The number of anilines is 2. The Morgan fingerprint density at radius 3 is 2.78 bits per heavy atom. The number of aromatic nitrogens is 1. The van der Waals surface area contributed by atoms with Gasteiger partial charge in [-0.3, -0.25) is 0 Å². The fraction of sp³-hybridized carbons (Fsp3) is 0.545. The highest BCUT2D eigenvalue weighted by Gasteiger charge is 2.32. The van der Waals surface area contributed by atoms with E-state index in [1.54, 1.807) is 0 Å². The van der Waals surface area contributed by atoms with E-state index in [4.69, 9.17) is 4.74 Å². The van der Waals surface area contributed by atoms with E-state index in [0.29, 0.717) is 13.0 Å². The van der Waals surface area contributed by atoms with Crippen molar-refractivity contribution in [2.45, 2.75) is 12.0 Å². The van der Waals surface area contributed by atoms with E-state index in [2.05, 4.69) is 15.6 Å². The van der Waals surface area contributed by atoms with Gasteiger partial charge in [-0.15, -0.1) is 0 Å². The Bertz CT molecular complexity index is 437. The molecule has 1 aromatic rings. The molecule has 1 unspecified atom stereocenters. The summed E-state index contributed by atoms with van der Waals surface area (Å²) in [4.78, 5) is 3.76. The van der Waals surface area contributed by atoms with E-state index in [1.165, 1.54) is 7.05 Å². The summed E-state index contributed by atoms with van der Waals surface area (Å²) in [7, 11) is 1.49. The highest BCUT2D eigenvalue weighted by Crippen LogP contribution is 2.22. The molecule has 0 aromatic carbocycles. The minimum absolute atomic E-state index is 0.0476. The number of nitrogens with zero attached hydrogens (tertiary/aromatic N) is 1. The molecule has 1 saturated heterocycles. The van der Waals surface area contributed by atoms with Gasteiger partial charge in [-0.05, 0) is 0 Å². The lowest BCUT2D eigenvalue weighted by Gasteiger charge is -2.21. The lowest BCUT2D eigenvalue weighted by Crippen LogP contribution is -2.37. The van der Waals surface area contributed by atoms with Crippen molar-refractivity contribution in [1.82, 2.24) is 4.98 Å². The Labute approximate surface area is 103 Å². The third-order valence-corrected chi connectivity index (χ3v) is 2.83. The van der Waals surface area contributed by atoms with Crippen LogP contribution in [0.1, 0.15) is 6.42 Å². The van der Waals surface area contributed by atoms with E-state index in [0.717, 1.165) is 6.07 Å². The van der Waals surface area contributed by atoms with Crippen LogP contribution in [0.3, 0.4) is 0 Å². The molecule has 0 spiro atoms. The average Bonchev–Trinajstić information content (AvgIpc) is 2.76. The number of ether oxygens (including phenoxy) is 1. The molecule has 100 valence electrons. The van der Waals surface area contributed by atoms with Gasteiger partial charge in [-0.1, -0.05) is 0 Å². The fourth-order valence-corrected chi connectivity index (χ4v) is 1.75. The lowest BCUT2D eigenvalue weighted by atomic mass is 10.0. The third kappa shape index (κ3) is 2.68. The minimum Gasteiger partial charge on any atom is -0.386 e. The SMILES string of the molecule is CNc1nc(NCC2(O)CCOC2)c(F)cc1F. The molecule has 0 aliphatic carbocycles. The van der Waals surface area contributed by atoms with Gasteiger partial charge < -0.3 is 20.5 Å². The van der Waals surface area contributed by atoms with Gasteiger partial charge in [-0.2, -0.15) is 0 Å². The van der Waals surface area contributed by atoms with Crippen LogP contribution >= 0.6 is 0 Å². The molecule has 0 saturated carbocycles. The van der Waals surface area contributed by atoms with Gasteiger partial charge in [0.15, 0.2) is 23.3 Å². The molecule has 7 heteroatoms. The first-order valence-corrected chi connectivity index (χ1v) is 5.62. The second kappa shape index (κ2) is 5.03. The Hall–Kier alpha value is -1.47. The van der Waals surface area contributed by atoms with Crippen molar-refractivity contribution in [3.05, 3.63) is 17.7 Å². The molecule has 1 fully saturated rings. The maximum atomic E-state index is 13.5. The van der Waals surface area contributed by atoms with Crippen molar-refractivity contribution < 1.29 is 18.6 Å². The van der Waals surface area contributed by atoms with Crippen LogP contribution in [-0.2, 0) is 4.74 Å². The number of pyridine rings is 1. The maximum absolute atomic E-state index is 13.5. The normalized spacial score (nSPS) is 23.1. The topological polar surface area (TPSA) is 66.4 Å². The van der Waals surface area contributed by atoms with Gasteiger partial charge in [0.2, 0.25) is 0 Å². The summed E-state index contributed by atoms with van der Waals surface area (Å²) in [5.41, 5.74) is -1.03. The van der Waals surface area contributed by atoms with Gasteiger partial charge in [0.05, 0.1) is 6.61 Å². The average molecular weight is 259 g/mol. The summed E-state index contributed by atoms with van der Waals surface area (Å²) in [5, 5.41) is 15.2. The molecular weight excluding hydrogens is 244 g/mol. The van der Waals surface area contributed by atoms with E-state index in [1.807, 2.05) is 0 Å². The van der Waals surface area contributed by atoms with Crippen LogP contribution in [0.5, 0.6) is 0 Å². The minimum atomic E-state index is -1.03. The van der Waals surface area contributed by atoms with Crippen LogP contribution in [0.2, 0.25) is 0 Å². The molecule has 0 radical (unpaired) electrons. The van der Waals surface area contributed by atoms with E-state index >= 15 is 0 Å². The summed E-state index contributed by atoms with van der Waals surface area (Å²) >= 11 is 0. The molecule has 0 bridgehead atoms. The third-order valence-electron chi connectivity index (χ3n) is 2.83. The molecule has 2 heterocycles. The molecule has 5 nitrogen and oxygen atoms in total. The predicted molar refractivity (Wildman–Crippen MR) is 62.6 cm³/mol. The Morgan fingerprint density at radius 1 is 1.44 bits per heavy atom. The number of halogens is 2. The van der Waals surface area contributed by atoms with Crippen molar-refractivity contribution >= 4 is 11.6 Å². The molecule has 2 rings (SSSR count). The van der Waals surface area contributed by atoms with Gasteiger partial charge in [0.25, 0.3) is 0 Å². The molecular formula is C11H15F2N3O2. The van der Waals surface area contributed by atoms with Crippen molar-refractivity contribution in [2.75, 3.05) is 37.4 Å². The fourth-order valence-electron chi connectivity index (χ4n) is 1.75. The molecule has 0 amide bonds. The van der Waals surface area contributed by atoms with E-state index in [9.17, 15) is 13.9 Å². The van der Waals surface area contributed by atoms with E-state index < -0.39 is 17.2 Å². The van der Waals surface area contributed by atoms with Crippen molar-refractivity contribution in [2.24, 2.45) is 0 Å². The van der Waals surface area contributed by atoms with Crippen LogP contribution in [0.4, 0.5) is 20.4 Å². The predicted octanol–water partition coefficient (Wildman–Crippen LogP) is 0.965. The number of rotatable bonds is 4. The van der Waals surface area contributed by atoms with Gasteiger partial charge in [0.1, 0.15) is 5.60 Å². The summed E-state index contributed by atoms with van der Waals surface area (Å²) in [6, 6.07) is 0.746. The number of aliphatic hydroxyl groups is 1. The smallest absolute Gasteiger partial charge is 0.168 e. The zero-order chi connectivity index (χ0) is 13.2. The summed E-state index contributed by atoms with van der Waals surface area (Å²) in [5.74, 6) is -1.70. The maximum Gasteiger partial charge on any atom is 0.168 e. The zero-order valence-electron chi connectivity index (χ0n) is 9.96. The Kier molecular flexibility index (Phi) is 3.63. The number of nitrogens with one attached hydrogen (secondary N) is 2. The Balaban J connectivity index is 2.09.